The largest absolute Gasteiger partial charge is 0.494 e. The van der Waals surface area contributed by atoms with Crippen LogP contribution < -0.4 is 10.1 Å². The highest BCUT2D eigenvalue weighted by Gasteiger charge is 2.30. The highest BCUT2D eigenvalue weighted by molar-refractivity contribution is 7.90. The Morgan fingerprint density at radius 1 is 1.03 bits per heavy atom. The van der Waals surface area contributed by atoms with Crippen molar-refractivity contribution in [1.82, 2.24) is 9.29 Å². The fraction of sp³-hybridized carbons (Fsp3) is 0.158. The van der Waals surface area contributed by atoms with Crippen LogP contribution in [0.25, 0.3) is 11.3 Å². The smallest absolute Gasteiger partial charge is 0.268 e. The van der Waals surface area contributed by atoms with Gasteiger partial charge in [0.15, 0.2) is 0 Å². The maximum absolute atomic E-state index is 14.5. The summed E-state index contributed by atoms with van der Waals surface area (Å²) in [5, 5.41) is 2.79. The van der Waals surface area contributed by atoms with Gasteiger partial charge in [0.2, 0.25) is 0 Å². The van der Waals surface area contributed by atoms with Crippen LogP contribution in [0.15, 0.2) is 47.5 Å². The summed E-state index contributed by atoms with van der Waals surface area (Å²) in [5.74, 6) is -4.72. The zero-order chi connectivity index (χ0) is 21.3. The summed E-state index contributed by atoms with van der Waals surface area (Å²) < 4.78 is 88.2. The van der Waals surface area contributed by atoms with E-state index in [0.29, 0.717) is 16.1 Å². The molecule has 3 rings (SSSR count). The molecule has 2 aromatic carbocycles. The number of hydrogen-bond donors (Lipinski definition) is 1. The lowest BCUT2D eigenvalue weighted by molar-refractivity contribution is 0.410. The van der Waals surface area contributed by atoms with Crippen LogP contribution in [0.4, 0.5) is 17.6 Å². The van der Waals surface area contributed by atoms with Crippen molar-refractivity contribution in [2.45, 2.75) is 11.4 Å². The third-order valence-corrected chi connectivity index (χ3v) is 5.82. The van der Waals surface area contributed by atoms with Gasteiger partial charge in [-0.05, 0) is 25.2 Å². The zero-order valence-corrected chi connectivity index (χ0v) is 16.2. The van der Waals surface area contributed by atoms with Crippen molar-refractivity contribution in [2.75, 3.05) is 14.2 Å². The summed E-state index contributed by atoms with van der Waals surface area (Å²) in [5.41, 5.74) is -0.990. The van der Waals surface area contributed by atoms with Gasteiger partial charge >= 0.3 is 0 Å². The minimum atomic E-state index is -4.47. The first kappa shape index (κ1) is 20.9. The summed E-state index contributed by atoms with van der Waals surface area (Å²) >= 11 is 0. The lowest BCUT2D eigenvalue weighted by atomic mass is 10.1. The number of nitrogens with zero attached hydrogens (tertiary/aromatic N) is 1. The molecule has 0 aliphatic heterocycles. The van der Waals surface area contributed by atoms with Crippen molar-refractivity contribution >= 4 is 10.0 Å². The second kappa shape index (κ2) is 7.88. The second-order valence-corrected chi connectivity index (χ2v) is 7.88. The van der Waals surface area contributed by atoms with Crippen molar-refractivity contribution in [3.8, 4) is 17.0 Å². The molecule has 0 fully saturated rings. The van der Waals surface area contributed by atoms with E-state index in [1.165, 1.54) is 13.2 Å². The minimum Gasteiger partial charge on any atom is -0.494 e. The molecule has 1 aromatic heterocycles. The molecule has 0 spiro atoms. The van der Waals surface area contributed by atoms with Crippen molar-refractivity contribution in [1.29, 1.82) is 0 Å². The number of ether oxygens (including phenoxy) is 1. The van der Waals surface area contributed by atoms with E-state index in [9.17, 15) is 26.0 Å². The third kappa shape index (κ3) is 3.73. The first-order valence-corrected chi connectivity index (χ1v) is 9.73. The van der Waals surface area contributed by atoms with E-state index < -0.39 is 49.4 Å². The lowest BCUT2D eigenvalue weighted by Crippen LogP contribution is -2.15. The van der Waals surface area contributed by atoms with E-state index in [2.05, 4.69) is 5.32 Å². The molecule has 0 bridgehead atoms. The Morgan fingerprint density at radius 3 is 2.24 bits per heavy atom. The van der Waals surface area contributed by atoms with Crippen LogP contribution in [0.2, 0.25) is 0 Å². The molecule has 10 heteroatoms. The molecule has 1 heterocycles. The number of halogens is 4. The molecule has 0 saturated carbocycles. The van der Waals surface area contributed by atoms with Gasteiger partial charge in [-0.3, -0.25) is 0 Å². The molecule has 0 saturated heterocycles. The molecule has 29 heavy (non-hydrogen) atoms. The van der Waals surface area contributed by atoms with Crippen LogP contribution in [0.1, 0.15) is 5.56 Å². The molecule has 0 amide bonds. The van der Waals surface area contributed by atoms with E-state index in [1.807, 2.05) is 0 Å². The molecular weight excluding hydrogens is 412 g/mol. The fourth-order valence-electron chi connectivity index (χ4n) is 2.98. The Hall–Kier alpha value is -2.85. The molecule has 5 nitrogen and oxygen atoms in total. The van der Waals surface area contributed by atoms with Crippen LogP contribution in [0.5, 0.6) is 5.75 Å². The number of hydrogen-bond acceptors (Lipinski definition) is 4. The fourth-order valence-corrected chi connectivity index (χ4v) is 4.40. The molecule has 0 aliphatic carbocycles. The van der Waals surface area contributed by atoms with E-state index in [-0.39, 0.29) is 17.9 Å². The predicted molar refractivity (Wildman–Crippen MR) is 98.0 cm³/mol. The predicted octanol–water partition coefficient (Wildman–Crippen LogP) is 3.68. The van der Waals surface area contributed by atoms with Crippen molar-refractivity contribution < 1.29 is 30.7 Å². The molecular formula is C19H16F4N2O3S. The Bertz CT molecular complexity index is 1150. The quantitative estimate of drug-likeness (QED) is 0.609. The van der Waals surface area contributed by atoms with Crippen molar-refractivity contribution in [3.05, 3.63) is 71.4 Å². The van der Waals surface area contributed by atoms with Gasteiger partial charge in [0.25, 0.3) is 10.0 Å². The summed E-state index contributed by atoms with van der Waals surface area (Å²) in [6, 6.07) is 5.03. The summed E-state index contributed by atoms with van der Waals surface area (Å²) in [6.45, 7) is 0.103. The maximum Gasteiger partial charge on any atom is 0.268 e. The Kier molecular flexibility index (Phi) is 5.67. The van der Waals surface area contributed by atoms with Gasteiger partial charge in [0.1, 0.15) is 34.7 Å². The molecule has 3 aromatic rings. The Balaban J connectivity index is 2.40. The van der Waals surface area contributed by atoms with Gasteiger partial charge in [-0.15, -0.1) is 0 Å². The van der Waals surface area contributed by atoms with Gasteiger partial charge in [-0.1, -0.05) is 6.07 Å². The normalized spacial score (nSPS) is 11.7. The van der Waals surface area contributed by atoms with Gasteiger partial charge in [-0.2, -0.15) is 0 Å². The average molecular weight is 428 g/mol. The molecule has 0 radical (unpaired) electrons. The standard InChI is InChI=1S/C19H16F4N2O3S/c1-24-9-11-10-25(29(26,27)14-5-3-4-12(20)6-14)18(19(11)28-2)17-15(22)7-13(21)8-16(17)23/h3-8,10,24H,9H2,1-2H3. The van der Waals surface area contributed by atoms with Gasteiger partial charge in [0.05, 0.1) is 17.6 Å². The lowest BCUT2D eigenvalue weighted by Gasteiger charge is -2.14. The van der Waals surface area contributed by atoms with Crippen LogP contribution in [-0.2, 0) is 16.6 Å². The molecule has 0 unspecified atom stereocenters. The molecule has 0 aliphatic rings. The first-order chi connectivity index (χ1) is 13.7. The number of benzene rings is 2. The number of rotatable bonds is 6. The van der Waals surface area contributed by atoms with E-state index >= 15 is 0 Å². The monoisotopic (exact) mass is 428 g/mol. The number of aromatic nitrogens is 1. The first-order valence-electron chi connectivity index (χ1n) is 8.29. The topological polar surface area (TPSA) is 60.3 Å². The molecule has 154 valence electrons. The Labute approximate surface area is 164 Å². The third-order valence-electron chi connectivity index (χ3n) is 4.17. The van der Waals surface area contributed by atoms with E-state index in [4.69, 9.17) is 4.74 Å². The molecule has 0 atom stereocenters. The van der Waals surface area contributed by atoms with Crippen molar-refractivity contribution in [2.24, 2.45) is 0 Å². The SMILES string of the molecule is CNCc1cn(S(=O)(=O)c2cccc(F)c2)c(-c2c(F)cc(F)cc2F)c1OC. The van der Waals surface area contributed by atoms with E-state index in [0.717, 1.165) is 24.4 Å². The van der Waals surface area contributed by atoms with Gasteiger partial charge in [0, 0.05) is 30.4 Å². The van der Waals surface area contributed by atoms with Gasteiger partial charge in [-0.25, -0.2) is 30.0 Å². The number of methoxy groups -OCH3 is 1. The average Bonchev–Trinajstić information content (AvgIpc) is 3.00. The number of nitrogens with one attached hydrogen (secondary N) is 1. The van der Waals surface area contributed by atoms with Crippen LogP contribution in [-0.4, -0.2) is 26.5 Å². The zero-order valence-electron chi connectivity index (χ0n) is 15.3. The van der Waals surface area contributed by atoms with Crippen LogP contribution in [0.3, 0.4) is 0 Å². The van der Waals surface area contributed by atoms with Gasteiger partial charge < -0.3 is 10.1 Å². The highest BCUT2D eigenvalue weighted by Crippen LogP contribution is 2.40. The summed E-state index contributed by atoms with van der Waals surface area (Å²) in [7, 11) is -1.69. The Morgan fingerprint density at radius 2 is 1.69 bits per heavy atom. The highest BCUT2D eigenvalue weighted by atomic mass is 32.2. The minimum absolute atomic E-state index is 0.103. The summed E-state index contributed by atoms with van der Waals surface area (Å²) in [6.07, 6.45) is 1.12. The second-order valence-electron chi connectivity index (χ2n) is 6.07. The summed E-state index contributed by atoms with van der Waals surface area (Å²) in [4.78, 5) is -0.435. The van der Waals surface area contributed by atoms with Crippen molar-refractivity contribution in [3.63, 3.8) is 0 Å². The van der Waals surface area contributed by atoms with Crippen LogP contribution >= 0.6 is 0 Å². The van der Waals surface area contributed by atoms with E-state index in [1.54, 1.807) is 7.05 Å². The maximum atomic E-state index is 14.5. The van der Waals surface area contributed by atoms with Crippen LogP contribution in [0, 0.1) is 23.3 Å². The molecule has 1 N–H and O–H groups in total.